The summed E-state index contributed by atoms with van der Waals surface area (Å²) in [5.74, 6) is -2.15. The van der Waals surface area contributed by atoms with Crippen LogP contribution < -0.4 is 10.6 Å². The number of carbonyl (C=O) groups excluding carboxylic acids is 3. The van der Waals surface area contributed by atoms with Crippen molar-refractivity contribution in [3.63, 3.8) is 0 Å². The zero-order valence-electron chi connectivity index (χ0n) is 18.8. The molecule has 0 aromatic rings. The molecule has 0 aromatic carbocycles. The second-order valence-corrected chi connectivity index (χ2v) is 10.2. The maximum absolute atomic E-state index is 13.2. The number of alkyl halides is 2. The summed E-state index contributed by atoms with van der Waals surface area (Å²) in [6, 6.07) is -0.462. The van der Waals surface area contributed by atoms with Crippen molar-refractivity contribution in [2.45, 2.75) is 42.7 Å². The minimum absolute atomic E-state index is 0.168. The van der Waals surface area contributed by atoms with E-state index in [2.05, 4.69) is 15.8 Å². The van der Waals surface area contributed by atoms with Gasteiger partial charge < -0.3 is 30.4 Å². The predicted octanol–water partition coefficient (Wildman–Crippen LogP) is 0.984. The number of piperidine rings is 1. The Hall–Kier alpha value is -2.72. The quantitative estimate of drug-likeness (QED) is 0.483. The summed E-state index contributed by atoms with van der Waals surface area (Å²) in [7, 11) is 1.56. The molecule has 1 fully saturated rings. The van der Waals surface area contributed by atoms with Gasteiger partial charge in [0.05, 0.1) is 17.0 Å². The molecule has 0 spiro atoms. The van der Waals surface area contributed by atoms with Crippen molar-refractivity contribution in [3.8, 4) is 0 Å². The Kier molecular flexibility index (Phi) is 6.82. The summed E-state index contributed by atoms with van der Waals surface area (Å²) < 4.78 is 0. The van der Waals surface area contributed by atoms with Crippen LogP contribution in [0.4, 0.5) is 0 Å². The first-order valence-electron chi connectivity index (χ1n) is 11.0. The number of hydrogen-bond acceptors (Lipinski definition) is 7. The monoisotopic (exact) mass is 511 g/mol. The molecule has 3 heterocycles. The Labute approximate surface area is 207 Å². The number of amides is 3. The molecule has 5 unspecified atom stereocenters. The fraction of sp³-hybridized carbons (Fsp3) is 0.545. The number of aliphatic hydroxyl groups excluding tert-OH is 1. The summed E-state index contributed by atoms with van der Waals surface area (Å²) >= 11 is 12.3. The molecule has 34 heavy (non-hydrogen) atoms. The highest BCUT2D eigenvalue weighted by Gasteiger charge is 2.47. The van der Waals surface area contributed by atoms with Crippen LogP contribution in [0.3, 0.4) is 0 Å². The van der Waals surface area contributed by atoms with Gasteiger partial charge in [-0.1, -0.05) is 30.3 Å². The first-order chi connectivity index (χ1) is 16.1. The molecule has 0 saturated carbocycles. The molecule has 12 heteroatoms. The van der Waals surface area contributed by atoms with E-state index < -0.39 is 40.6 Å². The molecule has 0 bridgehead atoms. The van der Waals surface area contributed by atoms with Crippen molar-refractivity contribution in [2.24, 2.45) is 10.6 Å². The van der Waals surface area contributed by atoms with E-state index >= 15 is 0 Å². The van der Waals surface area contributed by atoms with Gasteiger partial charge in [-0.3, -0.25) is 14.4 Å². The number of likely N-dealkylation sites (tertiary alicyclic amines) is 1. The first-order valence-corrected chi connectivity index (χ1v) is 11.9. The van der Waals surface area contributed by atoms with E-state index in [0.29, 0.717) is 31.5 Å². The van der Waals surface area contributed by atoms with Crippen molar-refractivity contribution in [1.82, 2.24) is 20.4 Å². The van der Waals surface area contributed by atoms with Gasteiger partial charge in [0.25, 0.3) is 17.7 Å². The zero-order valence-corrected chi connectivity index (χ0v) is 20.3. The lowest BCUT2D eigenvalue weighted by molar-refractivity contribution is -0.141. The molecule has 3 aliphatic heterocycles. The van der Waals surface area contributed by atoms with Crippen LogP contribution in [0.2, 0.25) is 0 Å². The maximum atomic E-state index is 13.2. The van der Waals surface area contributed by atoms with Crippen molar-refractivity contribution in [1.29, 1.82) is 0 Å². The fourth-order valence-corrected chi connectivity index (χ4v) is 5.09. The zero-order chi connectivity index (χ0) is 24.6. The molecule has 4 rings (SSSR count). The Morgan fingerprint density at radius 3 is 2.79 bits per heavy atom. The molecule has 3 N–H and O–H groups in total. The highest BCUT2D eigenvalue weighted by molar-refractivity contribution is 6.32. The van der Waals surface area contributed by atoms with Gasteiger partial charge in [-0.25, -0.2) is 0 Å². The largest absolute Gasteiger partial charge is 0.501 e. The van der Waals surface area contributed by atoms with Gasteiger partial charge in [0, 0.05) is 31.1 Å². The number of halogens is 2. The maximum Gasteiger partial charge on any atom is 0.292 e. The van der Waals surface area contributed by atoms with Crippen LogP contribution in [0.25, 0.3) is 0 Å². The van der Waals surface area contributed by atoms with Crippen LogP contribution in [-0.2, 0) is 19.2 Å². The molecule has 1 aliphatic carbocycles. The fourth-order valence-electron chi connectivity index (χ4n) is 4.72. The third kappa shape index (κ3) is 4.61. The van der Waals surface area contributed by atoms with Crippen molar-refractivity contribution < 1.29 is 24.3 Å². The van der Waals surface area contributed by atoms with Gasteiger partial charge in [0.15, 0.2) is 0 Å². The van der Waals surface area contributed by atoms with E-state index in [1.54, 1.807) is 30.2 Å². The lowest BCUT2D eigenvalue weighted by Gasteiger charge is -2.50. The van der Waals surface area contributed by atoms with Gasteiger partial charge >= 0.3 is 0 Å². The van der Waals surface area contributed by atoms with Gasteiger partial charge in [-0.15, -0.1) is 23.2 Å². The summed E-state index contributed by atoms with van der Waals surface area (Å²) in [5, 5.41) is 18.9. The van der Waals surface area contributed by atoms with Crippen LogP contribution >= 0.6 is 23.2 Å². The number of likely N-dealkylation sites (N-methyl/N-ethyl adjacent to an activating group) is 1. The third-order valence-corrected chi connectivity index (χ3v) is 7.51. The Morgan fingerprint density at radius 1 is 1.35 bits per heavy atom. The molecule has 0 radical (unpaired) electrons. The highest BCUT2D eigenvalue weighted by Crippen LogP contribution is 2.37. The van der Waals surface area contributed by atoms with Crippen LogP contribution in [0.1, 0.15) is 19.8 Å². The Morgan fingerprint density at radius 2 is 2.12 bits per heavy atom. The summed E-state index contributed by atoms with van der Waals surface area (Å²) in [6.45, 7) is 3.01. The number of carbonyl (C=O) groups is 3. The molecule has 5 atom stereocenters. The second kappa shape index (κ2) is 9.50. The van der Waals surface area contributed by atoms with E-state index in [9.17, 15) is 19.5 Å². The molecular weight excluding hydrogens is 485 g/mol. The summed E-state index contributed by atoms with van der Waals surface area (Å²) in [4.78, 5) is 46.8. The van der Waals surface area contributed by atoms with E-state index in [-0.39, 0.29) is 23.6 Å². The second-order valence-electron chi connectivity index (χ2n) is 9.17. The number of nitrogens with one attached hydrogen (secondary N) is 2. The van der Waals surface area contributed by atoms with Crippen LogP contribution in [0.15, 0.2) is 40.4 Å². The Bertz CT molecular complexity index is 1010. The molecule has 3 amide bonds. The van der Waals surface area contributed by atoms with E-state index in [1.165, 1.54) is 11.1 Å². The number of aliphatic hydroxyl groups is 1. The van der Waals surface area contributed by atoms with Crippen LogP contribution in [0.5, 0.6) is 0 Å². The van der Waals surface area contributed by atoms with E-state index in [1.807, 2.05) is 6.92 Å². The average Bonchev–Trinajstić information content (AvgIpc) is 3.31. The summed E-state index contributed by atoms with van der Waals surface area (Å²) in [5.41, 5.74) is -0.342. The molecule has 4 aliphatic rings. The molecule has 184 valence electrons. The molecule has 0 aromatic heterocycles. The first kappa shape index (κ1) is 24.4. The number of rotatable bonds is 4. The predicted molar refractivity (Wildman–Crippen MR) is 126 cm³/mol. The lowest BCUT2D eigenvalue weighted by atomic mass is 9.77. The third-order valence-electron chi connectivity index (χ3n) is 6.57. The lowest BCUT2D eigenvalue weighted by Crippen LogP contribution is -2.64. The number of hydrogen-bond donors (Lipinski definition) is 3. The van der Waals surface area contributed by atoms with Gasteiger partial charge in [-0.05, 0) is 12.8 Å². The average molecular weight is 512 g/mol. The Balaban J connectivity index is 1.52. The van der Waals surface area contributed by atoms with Crippen molar-refractivity contribution in [3.05, 3.63) is 35.3 Å². The van der Waals surface area contributed by atoms with E-state index in [4.69, 9.17) is 28.0 Å². The van der Waals surface area contributed by atoms with Crippen LogP contribution in [-0.4, -0.2) is 88.5 Å². The van der Waals surface area contributed by atoms with Crippen molar-refractivity contribution in [2.75, 3.05) is 26.7 Å². The van der Waals surface area contributed by atoms with Gasteiger partial charge in [-0.2, -0.15) is 0 Å². The standard InChI is InChI=1S/C22H27Cl2N5O5/c1-22(6-3-7-29(11-22)19(32)12-4-5-14(23)15(24)8-12)21-27-16(17(30)20(33)28(21)2)18(31)26-13-9-25-34-10-13/h4-5,8-9,13-15,21,27,30H,3,6-7,10-11H2,1-2H3,(H,26,31). The molecule has 10 nitrogen and oxygen atoms in total. The number of oxime groups is 1. The van der Waals surface area contributed by atoms with Crippen molar-refractivity contribution >= 4 is 47.1 Å². The van der Waals surface area contributed by atoms with Gasteiger partial charge in [0.2, 0.25) is 5.76 Å². The normalized spacial score (nSPS) is 33.4. The minimum Gasteiger partial charge on any atom is -0.501 e. The molecular formula is C22H27Cl2N5O5. The van der Waals surface area contributed by atoms with Crippen LogP contribution in [0, 0.1) is 5.41 Å². The number of nitrogens with zero attached hydrogens (tertiary/aromatic N) is 3. The topological polar surface area (TPSA) is 124 Å². The molecule has 1 saturated heterocycles. The smallest absolute Gasteiger partial charge is 0.292 e. The highest BCUT2D eigenvalue weighted by atomic mass is 35.5. The number of allylic oxidation sites excluding steroid dienone is 2. The minimum atomic E-state index is -0.675. The van der Waals surface area contributed by atoms with Gasteiger partial charge in [0.1, 0.15) is 24.5 Å². The summed E-state index contributed by atoms with van der Waals surface area (Å²) in [6.07, 6.45) is 7.23. The SMILES string of the molecule is CN1C(=O)C(O)=C(C(=O)NC2C=NOC2)NC1C1(C)CCCN(C(=O)C2=CC(Cl)C(Cl)C=C2)C1. The van der Waals surface area contributed by atoms with E-state index in [0.717, 1.165) is 0 Å².